The Balaban J connectivity index is 1.17. The van der Waals surface area contributed by atoms with Crippen molar-refractivity contribution >= 4 is 21.9 Å². The lowest BCUT2D eigenvalue weighted by Crippen LogP contribution is -2.54. The van der Waals surface area contributed by atoms with Crippen LogP contribution in [0.4, 0.5) is 0 Å². The molecule has 0 bridgehead atoms. The van der Waals surface area contributed by atoms with E-state index in [4.69, 9.17) is 14.5 Å². The summed E-state index contributed by atoms with van der Waals surface area (Å²) in [6, 6.07) is 10.2. The number of hydrogen-bond acceptors (Lipinski definition) is 7. The number of rotatable bonds is 5. The molecule has 170 valence electrons. The Kier molecular flexibility index (Phi) is 5.07. The van der Waals surface area contributed by atoms with Gasteiger partial charge in [0, 0.05) is 44.0 Å². The standard InChI is InChI=1S/C24H26N6O3/c1-15(29-13-19(14-29)33-18-5-4-16-3-2-8-25-21(16)11-18)22-27-23-20(24(31)28-22)12-26-30(23)17-6-9-32-10-7-17/h2-5,8,11-12,15,17,19H,6-7,9-10,13-14H2,1H3,(H,27,28,31). The molecular weight excluding hydrogens is 420 g/mol. The molecule has 3 aromatic heterocycles. The zero-order valence-electron chi connectivity index (χ0n) is 18.5. The van der Waals surface area contributed by atoms with Gasteiger partial charge in [-0.2, -0.15) is 5.10 Å². The van der Waals surface area contributed by atoms with Gasteiger partial charge < -0.3 is 14.5 Å². The van der Waals surface area contributed by atoms with Crippen molar-refractivity contribution in [2.24, 2.45) is 0 Å². The second-order valence-electron chi connectivity index (χ2n) is 8.85. The van der Waals surface area contributed by atoms with Gasteiger partial charge in [0.25, 0.3) is 5.56 Å². The fourth-order valence-electron chi connectivity index (χ4n) is 4.69. The smallest absolute Gasteiger partial charge is 0.262 e. The molecule has 4 aromatic rings. The molecule has 9 nitrogen and oxygen atoms in total. The number of nitrogens with zero attached hydrogens (tertiary/aromatic N) is 5. The Labute approximate surface area is 190 Å². The Hall–Kier alpha value is -3.30. The molecule has 0 saturated carbocycles. The van der Waals surface area contributed by atoms with Gasteiger partial charge in [0.15, 0.2) is 5.65 Å². The van der Waals surface area contributed by atoms with E-state index >= 15 is 0 Å². The maximum absolute atomic E-state index is 12.7. The summed E-state index contributed by atoms with van der Waals surface area (Å²) in [4.78, 5) is 27.2. The van der Waals surface area contributed by atoms with Gasteiger partial charge in [0.2, 0.25) is 0 Å². The summed E-state index contributed by atoms with van der Waals surface area (Å²) >= 11 is 0. The van der Waals surface area contributed by atoms with Crippen molar-refractivity contribution in [3.8, 4) is 5.75 Å². The lowest BCUT2D eigenvalue weighted by molar-refractivity contribution is -0.00729. The van der Waals surface area contributed by atoms with E-state index in [1.165, 1.54) is 0 Å². The minimum Gasteiger partial charge on any atom is -0.488 e. The number of aromatic amines is 1. The molecular formula is C24H26N6O3. The van der Waals surface area contributed by atoms with Crippen LogP contribution in [-0.2, 0) is 4.74 Å². The molecule has 2 fully saturated rings. The molecule has 0 amide bonds. The number of ether oxygens (including phenoxy) is 2. The van der Waals surface area contributed by atoms with Crippen LogP contribution in [0.15, 0.2) is 47.5 Å². The Morgan fingerprint density at radius 1 is 1.21 bits per heavy atom. The maximum Gasteiger partial charge on any atom is 0.262 e. The highest BCUT2D eigenvalue weighted by Crippen LogP contribution is 2.28. The predicted octanol–water partition coefficient (Wildman–Crippen LogP) is 2.84. The van der Waals surface area contributed by atoms with Gasteiger partial charge in [-0.05, 0) is 38.0 Å². The van der Waals surface area contributed by atoms with Crippen molar-refractivity contribution in [2.45, 2.75) is 38.0 Å². The van der Waals surface area contributed by atoms with E-state index in [-0.39, 0.29) is 23.7 Å². The zero-order valence-corrected chi connectivity index (χ0v) is 18.5. The van der Waals surface area contributed by atoms with Crippen LogP contribution in [0.2, 0.25) is 0 Å². The van der Waals surface area contributed by atoms with E-state index in [0.717, 1.165) is 42.6 Å². The van der Waals surface area contributed by atoms with E-state index in [0.29, 0.717) is 30.1 Å². The molecule has 2 aliphatic rings. The zero-order chi connectivity index (χ0) is 22.4. The average molecular weight is 447 g/mol. The Bertz CT molecular complexity index is 1350. The van der Waals surface area contributed by atoms with Crippen molar-refractivity contribution in [1.29, 1.82) is 0 Å². The highest BCUT2D eigenvalue weighted by atomic mass is 16.5. The predicted molar refractivity (Wildman–Crippen MR) is 123 cm³/mol. The van der Waals surface area contributed by atoms with Gasteiger partial charge in [-0.15, -0.1) is 0 Å². The van der Waals surface area contributed by atoms with Crippen molar-refractivity contribution < 1.29 is 9.47 Å². The monoisotopic (exact) mass is 446 g/mol. The normalized spacial score (nSPS) is 19.1. The summed E-state index contributed by atoms with van der Waals surface area (Å²) in [5.41, 5.74) is 1.44. The molecule has 1 N–H and O–H groups in total. The number of aromatic nitrogens is 5. The third kappa shape index (κ3) is 3.77. The van der Waals surface area contributed by atoms with Gasteiger partial charge in [0.1, 0.15) is 23.1 Å². The summed E-state index contributed by atoms with van der Waals surface area (Å²) < 4.78 is 13.5. The molecule has 1 aromatic carbocycles. The summed E-state index contributed by atoms with van der Waals surface area (Å²) in [5.74, 6) is 1.49. The number of fused-ring (bicyclic) bond motifs is 2. The summed E-state index contributed by atoms with van der Waals surface area (Å²) in [5, 5.41) is 6.11. The topological polar surface area (TPSA) is 98.2 Å². The number of hydrogen-bond donors (Lipinski definition) is 1. The number of pyridine rings is 1. The van der Waals surface area contributed by atoms with Crippen LogP contribution >= 0.6 is 0 Å². The molecule has 9 heteroatoms. The molecule has 0 radical (unpaired) electrons. The van der Waals surface area contributed by atoms with Crippen LogP contribution in [0.3, 0.4) is 0 Å². The van der Waals surface area contributed by atoms with Crippen molar-refractivity contribution in [1.82, 2.24) is 29.6 Å². The summed E-state index contributed by atoms with van der Waals surface area (Å²) in [7, 11) is 0. The van der Waals surface area contributed by atoms with E-state index in [1.54, 1.807) is 12.4 Å². The lowest BCUT2D eigenvalue weighted by atomic mass is 10.1. The largest absolute Gasteiger partial charge is 0.488 e. The van der Waals surface area contributed by atoms with Gasteiger partial charge in [-0.1, -0.05) is 6.07 Å². The number of H-pyrrole nitrogens is 1. The van der Waals surface area contributed by atoms with Crippen LogP contribution in [0, 0.1) is 0 Å². The van der Waals surface area contributed by atoms with E-state index in [1.807, 2.05) is 35.0 Å². The highest BCUT2D eigenvalue weighted by Gasteiger charge is 2.34. The molecule has 2 saturated heterocycles. The van der Waals surface area contributed by atoms with E-state index in [9.17, 15) is 4.79 Å². The molecule has 0 spiro atoms. The first-order chi connectivity index (χ1) is 16.2. The number of likely N-dealkylation sites (tertiary alicyclic amines) is 1. The van der Waals surface area contributed by atoms with Crippen molar-refractivity contribution in [2.75, 3.05) is 26.3 Å². The molecule has 0 aliphatic carbocycles. The Morgan fingerprint density at radius 3 is 2.91 bits per heavy atom. The minimum atomic E-state index is -0.142. The fourth-order valence-corrected chi connectivity index (χ4v) is 4.69. The maximum atomic E-state index is 12.7. The lowest BCUT2D eigenvalue weighted by Gasteiger charge is -2.42. The quantitative estimate of drug-likeness (QED) is 0.503. The molecule has 1 atom stereocenters. The van der Waals surface area contributed by atoms with Gasteiger partial charge in [-0.25, -0.2) is 9.67 Å². The first kappa shape index (κ1) is 20.3. The van der Waals surface area contributed by atoms with Gasteiger partial charge in [-0.3, -0.25) is 14.7 Å². The average Bonchev–Trinajstić information content (AvgIpc) is 3.26. The summed E-state index contributed by atoms with van der Waals surface area (Å²) in [6.45, 7) is 5.02. The van der Waals surface area contributed by atoms with Crippen molar-refractivity contribution in [3.05, 3.63) is 58.9 Å². The first-order valence-corrected chi connectivity index (χ1v) is 11.5. The van der Waals surface area contributed by atoms with Crippen LogP contribution in [-0.4, -0.2) is 62.0 Å². The first-order valence-electron chi connectivity index (χ1n) is 11.5. The number of benzene rings is 1. The minimum absolute atomic E-state index is 0.0294. The second-order valence-corrected chi connectivity index (χ2v) is 8.85. The van der Waals surface area contributed by atoms with Crippen LogP contribution in [0.1, 0.15) is 37.7 Å². The fraction of sp³-hybridized carbons (Fsp3) is 0.417. The molecule has 1 unspecified atom stereocenters. The third-order valence-electron chi connectivity index (χ3n) is 6.72. The van der Waals surface area contributed by atoms with Crippen molar-refractivity contribution in [3.63, 3.8) is 0 Å². The molecule has 6 rings (SSSR count). The highest BCUT2D eigenvalue weighted by molar-refractivity contribution is 5.79. The van der Waals surface area contributed by atoms with Crippen LogP contribution in [0.5, 0.6) is 5.75 Å². The number of nitrogens with one attached hydrogen (secondary N) is 1. The van der Waals surface area contributed by atoms with Gasteiger partial charge in [0.05, 0.1) is 23.8 Å². The molecule has 5 heterocycles. The van der Waals surface area contributed by atoms with Crippen LogP contribution in [0.25, 0.3) is 21.9 Å². The third-order valence-corrected chi connectivity index (χ3v) is 6.72. The SMILES string of the molecule is CC(c1nc2c(cnn2C2CCOCC2)c(=O)[nH]1)N1CC(Oc2ccc3cccnc3c2)C1. The van der Waals surface area contributed by atoms with E-state index < -0.39 is 0 Å². The second kappa shape index (κ2) is 8.24. The Morgan fingerprint density at radius 2 is 2.06 bits per heavy atom. The van der Waals surface area contributed by atoms with Crippen LogP contribution < -0.4 is 10.3 Å². The van der Waals surface area contributed by atoms with Gasteiger partial charge >= 0.3 is 0 Å². The molecule has 33 heavy (non-hydrogen) atoms. The molecule has 2 aliphatic heterocycles. The van der Waals surface area contributed by atoms with E-state index in [2.05, 4.69) is 26.9 Å². The summed E-state index contributed by atoms with van der Waals surface area (Å²) in [6.07, 6.45) is 5.27.